The maximum Gasteiger partial charge on any atom is 0.0297 e. The lowest BCUT2D eigenvalue weighted by molar-refractivity contribution is 0.192. The number of halogens is 2. The summed E-state index contributed by atoms with van der Waals surface area (Å²) in [6, 6.07) is 0.468. The lowest BCUT2D eigenvalue weighted by Crippen LogP contribution is -2.53. The molecule has 1 heterocycles. The molecule has 8 heavy (non-hydrogen) atoms. The topological polar surface area (TPSA) is 29.3 Å². The van der Waals surface area contributed by atoms with Crippen LogP contribution in [0.25, 0.3) is 0 Å². The predicted molar refractivity (Wildman–Crippen MR) is 40.0 cm³/mol. The smallest absolute Gasteiger partial charge is 0.0297 e. The molecule has 0 aliphatic carbocycles. The third-order valence-corrected chi connectivity index (χ3v) is 1.09. The van der Waals surface area contributed by atoms with Gasteiger partial charge in [-0.1, -0.05) is 0 Å². The minimum Gasteiger partial charge on any atom is -0.325 e. The number of likely N-dealkylation sites (N-methyl/N-ethyl adjacent to an activating group) is 1. The molecule has 0 bridgehead atoms. The number of likely N-dealkylation sites (tertiary alicyclic amines) is 1. The molecular weight excluding hydrogens is 147 g/mol. The van der Waals surface area contributed by atoms with Crippen molar-refractivity contribution >= 4 is 24.8 Å². The molecule has 0 unspecified atom stereocenters. The Balaban J connectivity index is 0. The van der Waals surface area contributed by atoms with Gasteiger partial charge in [0.2, 0.25) is 0 Å². The van der Waals surface area contributed by atoms with Gasteiger partial charge in [0.15, 0.2) is 0 Å². The molecule has 0 aromatic carbocycles. The first kappa shape index (κ1) is 11.3. The SMILES string of the molecule is CN1CC(N)C1.Cl.Cl. The molecule has 52 valence electrons. The first-order valence-electron chi connectivity index (χ1n) is 2.23. The van der Waals surface area contributed by atoms with Crippen LogP contribution >= 0.6 is 24.8 Å². The second-order valence-electron chi connectivity index (χ2n) is 1.98. The highest BCUT2D eigenvalue weighted by Crippen LogP contribution is 1.98. The van der Waals surface area contributed by atoms with Crippen LogP contribution in [-0.2, 0) is 0 Å². The second-order valence-corrected chi connectivity index (χ2v) is 1.98. The highest BCUT2D eigenvalue weighted by molar-refractivity contribution is 5.85. The van der Waals surface area contributed by atoms with E-state index in [1.807, 2.05) is 0 Å². The van der Waals surface area contributed by atoms with Gasteiger partial charge in [0.05, 0.1) is 0 Å². The molecule has 0 radical (unpaired) electrons. The van der Waals surface area contributed by atoms with Crippen LogP contribution in [0.5, 0.6) is 0 Å². The maximum atomic E-state index is 5.43. The van der Waals surface area contributed by atoms with Crippen LogP contribution in [0.1, 0.15) is 0 Å². The summed E-state index contributed by atoms with van der Waals surface area (Å²) >= 11 is 0. The monoisotopic (exact) mass is 158 g/mol. The van der Waals surface area contributed by atoms with Gasteiger partial charge in [-0.3, -0.25) is 0 Å². The van der Waals surface area contributed by atoms with Crippen LogP contribution in [0.2, 0.25) is 0 Å². The van der Waals surface area contributed by atoms with Gasteiger partial charge in [0, 0.05) is 19.1 Å². The molecule has 0 amide bonds. The predicted octanol–water partition coefficient (Wildman–Crippen LogP) is 0.103. The molecular formula is C4H12Cl2N2. The van der Waals surface area contributed by atoms with Gasteiger partial charge in [-0.25, -0.2) is 0 Å². The summed E-state index contributed by atoms with van der Waals surface area (Å²) in [7, 11) is 2.07. The van der Waals surface area contributed by atoms with Gasteiger partial charge in [0.1, 0.15) is 0 Å². The van der Waals surface area contributed by atoms with Gasteiger partial charge in [-0.05, 0) is 7.05 Å². The lowest BCUT2D eigenvalue weighted by atomic mass is 10.2. The van der Waals surface area contributed by atoms with Crippen molar-refractivity contribution < 1.29 is 0 Å². The summed E-state index contributed by atoms with van der Waals surface area (Å²) in [5, 5.41) is 0. The van der Waals surface area contributed by atoms with Gasteiger partial charge in [-0.2, -0.15) is 0 Å². The van der Waals surface area contributed by atoms with Crippen molar-refractivity contribution in [3.8, 4) is 0 Å². The largest absolute Gasteiger partial charge is 0.325 e. The molecule has 1 saturated heterocycles. The zero-order chi connectivity index (χ0) is 4.57. The zero-order valence-electron chi connectivity index (χ0n) is 4.83. The van der Waals surface area contributed by atoms with Gasteiger partial charge in [0.25, 0.3) is 0 Å². The molecule has 2 N–H and O–H groups in total. The average Bonchev–Trinajstić information content (AvgIpc) is 1.33. The van der Waals surface area contributed by atoms with E-state index in [-0.39, 0.29) is 24.8 Å². The fourth-order valence-corrected chi connectivity index (χ4v) is 0.747. The van der Waals surface area contributed by atoms with Crippen LogP contribution in [0.4, 0.5) is 0 Å². The minimum absolute atomic E-state index is 0. The van der Waals surface area contributed by atoms with E-state index in [1.54, 1.807) is 0 Å². The molecule has 0 spiro atoms. The fourth-order valence-electron chi connectivity index (χ4n) is 0.747. The van der Waals surface area contributed by atoms with E-state index in [9.17, 15) is 0 Å². The fraction of sp³-hybridized carbons (Fsp3) is 1.00. The van der Waals surface area contributed by atoms with Crippen molar-refractivity contribution in [2.24, 2.45) is 5.73 Å². The number of rotatable bonds is 0. The third kappa shape index (κ3) is 2.72. The van der Waals surface area contributed by atoms with Gasteiger partial charge < -0.3 is 10.6 Å². The quantitative estimate of drug-likeness (QED) is 0.543. The Bertz CT molecular complexity index is 48.0. The van der Waals surface area contributed by atoms with E-state index >= 15 is 0 Å². The first-order chi connectivity index (χ1) is 2.79. The Morgan fingerprint density at radius 1 is 1.38 bits per heavy atom. The van der Waals surface area contributed by atoms with E-state index in [0.29, 0.717) is 6.04 Å². The average molecular weight is 159 g/mol. The number of nitrogens with two attached hydrogens (primary N) is 1. The summed E-state index contributed by atoms with van der Waals surface area (Å²) in [5.74, 6) is 0. The molecule has 0 atom stereocenters. The Morgan fingerprint density at radius 2 is 1.75 bits per heavy atom. The van der Waals surface area contributed by atoms with Crippen LogP contribution < -0.4 is 5.73 Å². The van der Waals surface area contributed by atoms with E-state index < -0.39 is 0 Å². The van der Waals surface area contributed by atoms with Gasteiger partial charge >= 0.3 is 0 Å². The number of hydrogen-bond donors (Lipinski definition) is 1. The minimum atomic E-state index is 0. The molecule has 0 aromatic rings. The molecule has 1 rings (SSSR count). The molecule has 1 aliphatic heterocycles. The molecule has 1 fully saturated rings. The van der Waals surface area contributed by atoms with Crippen LogP contribution in [-0.4, -0.2) is 31.1 Å². The first-order valence-corrected chi connectivity index (χ1v) is 2.23. The van der Waals surface area contributed by atoms with Crippen molar-refractivity contribution in [2.45, 2.75) is 6.04 Å². The van der Waals surface area contributed by atoms with Crippen LogP contribution in [0.3, 0.4) is 0 Å². The second kappa shape index (κ2) is 4.39. The Morgan fingerprint density at radius 3 is 1.75 bits per heavy atom. The molecule has 4 heteroatoms. The summed E-state index contributed by atoms with van der Waals surface area (Å²) in [6.07, 6.45) is 0. The highest BCUT2D eigenvalue weighted by Gasteiger charge is 2.17. The van der Waals surface area contributed by atoms with Crippen molar-refractivity contribution in [3.05, 3.63) is 0 Å². The molecule has 0 aromatic heterocycles. The molecule has 1 aliphatic rings. The van der Waals surface area contributed by atoms with E-state index in [2.05, 4.69) is 11.9 Å². The van der Waals surface area contributed by atoms with Crippen molar-refractivity contribution in [3.63, 3.8) is 0 Å². The Hall–Kier alpha value is 0.500. The van der Waals surface area contributed by atoms with Crippen molar-refractivity contribution in [1.29, 1.82) is 0 Å². The number of nitrogens with zero attached hydrogens (tertiary/aromatic N) is 1. The zero-order valence-corrected chi connectivity index (χ0v) is 6.47. The Labute approximate surface area is 62.2 Å². The van der Waals surface area contributed by atoms with E-state index in [0.717, 1.165) is 13.1 Å². The highest BCUT2D eigenvalue weighted by atomic mass is 35.5. The summed E-state index contributed by atoms with van der Waals surface area (Å²) in [5.41, 5.74) is 5.43. The standard InChI is InChI=1S/C4H10N2.2ClH/c1-6-2-4(5)3-6;;/h4H,2-3,5H2,1H3;2*1H. The van der Waals surface area contributed by atoms with Gasteiger partial charge in [-0.15, -0.1) is 24.8 Å². The van der Waals surface area contributed by atoms with Crippen LogP contribution in [0.15, 0.2) is 0 Å². The van der Waals surface area contributed by atoms with Crippen LogP contribution in [0, 0.1) is 0 Å². The third-order valence-electron chi connectivity index (χ3n) is 1.09. The summed E-state index contributed by atoms with van der Waals surface area (Å²) in [6.45, 7) is 2.17. The van der Waals surface area contributed by atoms with Crippen molar-refractivity contribution in [1.82, 2.24) is 4.90 Å². The van der Waals surface area contributed by atoms with E-state index in [1.165, 1.54) is 0 Å². The van der Waals surface area contributed by atoms with Crippen molar-refractivity contribution in [2.75, 3.05) is 20.1 Å². The maximum absolute atomic E-state index is 5.43. The molecule has 0 saturated carbocycles. The molecule has 2 nitrogen and oxygen atoms in total. The summed E-state index contributed by atoms with van der Waals surface area (Å²) < 4.78 is 0. The normalized spacial score (nSPS) is 20.2. The Kier molecular flexibility index (Phi) is 6.20. The van der Waals surface area contributed by atoms with E-state index in [4.69, 9.17) is 5.73 Å². The lowest BCUT2D eigenvalue weighted by Gasteiger charge is -2.32. The summed E-state index contributed by atoms with van der Waals surface area (Å²) in [4.78, 5) is 2.20. The number of hydrogen-bond acceptors (Lipinski definition) is 2.